The van der Waals surface area contributed by atoms with Gasteiger partial charge in [-0.15, -0.1) is 11.3 Å². The Morgan fingerprint density at radius 2 is 2.03 bits per heavy atom. The van der Waals surface area contributed by atoms with E-state index >= 15 is 0 Å². The van der Waals surface area contributed by atoms with Crippen molar-refractivity contribution in [1.29, 1.82) is 0 Å². The van der Waals surface area contributed by atoms with Crippen molar-refractivity contribution in [2.24, 2.45) is 0 Å². The summed E-state index contributed by atoms with van der Waals surface area (Å²) < 4.78 is 0. The molecule has 0 fully saturated rings. The highest BCUT2D eigenvalue weighted by molar-refractivity contribution is 7.12. The van der Waals surface area contributed by atoms with Gasteiger partial charge in [-0.1, -0.05) is 23.7 Å². The lowest BCUT2D eigenvalue weighted by atomic mass is 9.91. The van der Waals surface area contributed by atoms with Crippen LogP contribution in [0.25, 0.3) is 10.9 Å². The average molecular weight is 566 g/mol. The predicted molar refractivity (Wildman–Crippen MR) is 146 cm³/mol. The largest absolute Gasteiger partial charge is 0.480 e. The Kier molecular flexibility index (Phi) is 7.36. The molecule has 3 amide bonds. The number of hydrogen-bond donors (Lipinski definition) is 4. The minimum atomic E-state index is -1.35. The van der Waals surface area contributed by atoms with E-state index in [1.807, 2.05) is 6.07 Å². The molecule has 12 heteroatoms. The highest BCUT2D eigenvalue weighted by Gasteiger charge is 2.29. The number of carbonyl (C=O) groups is 4. The molecule has 0 radical (unpaired) electrons. The molecule has 39 heavy (non-hydrogen) atoms. The van der Waals surface area contributed by atoms with Gasteiger partial charge < -0.3 is 20.6 Å². The van der Waals surface area contributed by atoms with Crippen LogP contribution in [0.1, 0.15) is 47.1 Å². The van der Waals surface area contributed by atoms with Crippen molar-refractivity contribution in [3.05, 3.63) is 85.7 Å². The van der Waals surface area contributed by atoms with E-state index in [2.05, 4.69) is 20.8 Å². The lowest BCUT2D eigenvalue weighted by Gasteiger charge is -2.31. The quantitative estimate of drug-likeness (QED) is 0.270. The van der Waals surface area contributed by atoms with Gasteiger partial charge >= 0.3 is 5.97 Å². The molecule has 2 aromatic carbocycles. The average Bonchev–Trinajstić information content (AvgIpc) is 3.62. The number of fused-ring (bicyclic) bond motifs is 2. The molecule has 1 atom stereocenters. The number of rotatable bonds is 7. The SMILES string of the molecule is Cc1c2c(cc(Cl)c1C(=O)N[C@@H](CNC(=O)c1cccs1)C(=O)O)CN(C(=O)c1ccc3cn[nH]c3c1)CC2. The molecule has 2 aromatic heterocycles. The first-order valence-corrected chi connectivity index (χ1v) is 13.4. The fraction of sp³-hybridized carbons (Fsp3) is 0.222. The lowest BCUT2D eigenvalue weighted by Crippen LogP contribution is -2.48. The molecule has 0 aliphatic carbocycles. The molecule has 4 aromatic rings. The summed E-state index contributed by atoms with van der Waals surface area (Å²) in [5, 5.41) is 24.3. The fourth-order valence-electron chi connectivity index (χ4n) is 4.73. The maximum atomic E-state index is 13.2. The van der Waals surface area contributed by atoms with Crippen LogP contribution < -0.4 is 10.6 Å². The van der Waals surface area contributed by atoms with E-state index in [0.29, 0.717) is 35.5 Å². The second-order valence-electron chi connectivity index (χ2n) is 9.20. The van der Waals surface area contributed by atoms with E-state index in [1.54, 1.807) is 53.7 Å². The third-order valence-corrected chi connectivity index (χ3v) is 7.93. The van der Waals surface area contributed by atoms with Gasteiger partial charge in [-0.05, 0) is 59.7 Å². The number of halogens is 1. The first-order chi connectivity index (χ1) is 18.7. The van der Waals surface area contributed by atoms with Crippen LogP contribution in [-0.4, -0.2) is 63.0 Å². The Balaban J connectivity index is 1.30. The molecule has 0 saturated carbocycles. The van der Waals surface area contributed by atoms with Gasteiger partial charge in [0.25, 0.3) is 17.7 Å². The smallest absolute Gasteiger partial charge is 0.328 e. The van der Waals surface area contributed by atoms with E-state index < -0.39 is 23.8 Å². The van der Waals surface area contributed by atoms with Crippen LogP contribution >= 0.6 is 22.9 Å². The van der Waals surface area contributed by atoms with Gasteiger partial charge in [0, 0.05) is 30.6 Å². The molecule has 3 heterocycles. The fourth-order valence-corrected chi connectivity index (χ4v) is 5.73. The maximum absolute atomic E-state index is 13.2. The number of carbonyl (C=O) groups excluding carboxylic acids is 3. The van der Waals surface area contributed by atoms with Gasteiger partial charge in [0.1, 0.15) is 6.04 Å². The van der Waals surface area contributed by atoms with Crippen LogP contribution in [0.5, 0.6) is 0 Å². The zero-order valence-corrected chi connectivity index (χ0v) is 22.4. The van der Waals surface area contributed by atoms with Crippen LogP contribution in [0.2, 0.25) is 5.02 Å². The Morgan fingerprint density at radius 3 is 2.77 bits per heavy atom. The van der Waals surface area contributed by atoms with Gasteiger partial charge in [-0.25, -0.2) is 4.79 Å². The summed E-state index contributed by atoms with van der Waals surface area (Å²) in [6, 6.07) is 9.02. The first kappa shape index (κ1) is 26.4. The molecular weight excluding hydrogens is 542 g/mol. The van der Waals surface area contributed by atoms with Crippen LogP contribution in [0.3, 0.4) is 0 Å². The number of nitrogens with one attached hydrogen (secondary N) is 3. The summed E-state index contributed by atoms with van der Waals surface area (Å²) in [4.78, 5) is 52.5. The Bertz CT molecular complexity index is 1600. The highest BCUT2D eigenvalue weighted by atomic mass is 35.5. The van der Waals surface area contributed by atoms with Crippen LogP contribution in [0.4, 0.5) is 0 Å². The van der Waals surface area contributed by atoms with E-state index in [-0.39, 0.29) is 23.0 Å². The molecule has 10 nitrogen and oxygen atoms in total. The van der Waals surface area contributed by atoms with Gasteiger partial charge in [-0.2, -0.15) is 5.10 Å². The number of hydrogen-bond acceptors (Lipinski definition) is 6. The molecule has 0 unspecified atom stereocenters. The standard InChI is InChI=1S/C27H24ClN5O5S/c1-14-18-6-7-33(26(36)15-4-5-16-11-30-32-20(16)10-15)13-17(18)9-19(28)23(14)25(35)31-21(27(37)38)12-29-24(34)22-3-2-8-39-22/h2-5,8-11,21H,6-7,12-13H2,1H3,(H,29,34)(H,30,32)(H,31,35)(H,37,38)/t21-/m0/s1. The normalized spacial score (nSPS) is 13.5. The monoisotopic (exact) mass is 565 g/mol. The second kappa shape index (κ2) is 10.9. The number of thiophene rings is 1. The molecule has 0 bridgehead atoms. The van der Waals surface area contributed by atoms with Crippen molar-refractivity contribution in [1.82, 2.24) is 25.7 Å². The topological polar surface area (TPSA) is 144 Å². The zero-order chi connectivity index (χ0) is 27.7. The van der Waals surface area contributed by atoms with Gasteiger partial charge in [0.05, 0.1) is 27.2 Å². The van der Waals surface area contributed by atoms with Crippen LogP contribution in [0.15, 0.2) is 48.0 Å². The number of benzene rings is 2. The third kappa shape index (κ3) is 5.36. The molecular formula is C27H24ClN5O5S. The molecule has 0 saturated heterocycles. The summed E-state index contributed by atoms with van der Waals surface area (Å²) in [7, 11) is 0. The second-order valence-corrected chi connectivity index (χ2v) is 10.6. The predicted octanol–water partition coefficient (Wildman–Crippen LogP) is 3.40. The lowest BCUT2D eigenvalue weighted by molar-refractivity contribution is -0.139. The molecule has 200 valence electrons. The Hall–Kier alpha value is -4.22. The minimum Gasteiger partial charge on any atom is -0.480 e. The van der Waals surface area contributed by atoms with Crippen molar-refractivity contribution >= 4 is 57.5 Å². The third-order valence-electron chi connectivity index (χ3n) is 6.77. The summed E-state index contributed by atoms with van der Waals surface area (Å²) in [5.74, 6) is -2.48. The molecule has 1 aliphatic rings. The number of aromatic nitrogens is 2. The van der Waals surface area contributed by atoms with Crippen molar-refractivity contribution in [2.45, 2.75) is 25.9 Å². The van der Waals surface area contributed by atoms with Gasteiger partial charge in [-0.3, -0.25) is 19.5 Å². The van der Waals surface area contributed by atoms with E-state index in [9.17, 15) is 24.3 Å². The highest BCUT2D eigenvalue weighted by Crippen LogP contribution is 2.31. The number of nitrogens with zero attached hydrogens (tertiary/aromatic N) is 2. The Labute approximate surface area is 232 Å². The van der Waals surface area contributed by atoms with Crippen molar-refractivity contribution in [2.75, 3.05) is 13.1 Å². The number of amides is 3. The molecule has 0 spiro atoms. The number of aliphatic carboxylic acids is 1. The van der Waals surface area contributed by atoms with E-state index in [1.165, 1.54) is 11.3 Å². The van der Waals surface area contributed by atoms with Crippen molar-refractivity contribution < 1.29 is 24.3 Å². The zero-order valence-electron chi connectivity index (χ0n) is 20.8. The number of carboxylic acid groups (broad SMARTS) is 1. The number of H-pyrrole nitrogens is 1. The summed E-state index contributed by atoms with van der Waals surface area (Å²) in [6.07, 6.45) is 2.20. The van der Waals surface area contributed by atoms with E-state index in [0.717, 1.165) is 22.0 Å². The summed E-state index contributed by atoms with van der Waals surface area (Å²) >= 11 is 7.75. The number of carboxylic acids is 1. The van der Waals surface area contributed by atoms with E-state index in [4.69, 9.17) is 11.6 Å². The van der Waals surface area contributed by atoms with Gasteiger partial charge in [0.15, 0.2) is 0 Å². The Morgan fingerprint density at radius 1 is 1.21 bits per heavy atom. The molecule has 4 N–H and O–H groups in total. The first-order valence-electron chi connectivity index (χ1n) is 12.1. The van der Waals surface area contributed by atoms with Crippen LogP contribution in [-0.2, 0) is 17.8 Å². The van der Waals surface area contributed by atoms with Crippen LogP contribution in [0, 0.1) is 6.92 Å². The summed E-state index contributed by atoms with van der Waals surface area (Å²) in [5.41, 5.74) is 3.85. The van der Waals surface area contributed by atoms with Gasteiger partial charge in [0.2, 0.25) is 0 Å². The minimum absolute atomic E-state index is 0.123. The maximum Gasteiger partial charge on any atom is 0.328 e. The summed E-state index contributed by atoms with van der Waals surface area (Å²) in [6.45, 7) is 2.24. The molecule has 1 aliphatic heterocycles. The number of aromatic amines is 1. The molecule has 5 rings (SSSR count). The van der Waals surface area contributed by atoms with Crippen molar-refractivity contribution in [3.8, 4) is 0 Å². The van der Waals surface area contributed by atoms with Crippen molar-refractivity contribution in [3.63, 3.8) is 0 Å².